The van der Waals surface area contributed by atoms with Gasteiger partial charge >= 0.3 is 0 Å². The number of sulfonamides is 1. The number of halogens is 1. The molecule has 3 aliphatic carbocycles. The monoisotopic (exact) mass is 664 g/mol. The molecule has 46 heavy (non-hydrogen) atoms. The van der Waals surface area contributed by atoms with Gasteiger partial charge in [-0.25, -0.2) is 13.1 Å². The predicted molar refractivity (Wildman–Crippen MR) is 185 cm³/mol. The Hall–Kier alpha value is -2.51. The van der Waals surface area contributed by atoms with E-state index in [4.69, 9.17) is 16.3 Å². The standard InChI is InChI=1S/C38H49ClN2O4S/c1-3-4-10-36-25(2)7-5-9-31(26-11-12-26)32-16-13-29(32)22-41-23-38(19-6-8-27-20-30(39)15-17-33(27)38)24-45-35-18-14-28(21-34(35)41)37(42)40-46(36,43)44/h5,9,14-15,17-18,20-21,25-26,29,31-32,36H,3-4,6-8,10-13,16,19,22-24H2,1-2H3,(H,40,42)/b9-5+/t25-,29?,31?,32?,36?,38+/m1/s1. The SMILES string of the molecule is CCCCC1[C@H](C)C/C=C/C(C2CC2)C2CCC2CN2C[C@@]3(CCCc4cc(Cl)ccc43)COc3ccc(cc32)C(=O)NS1(=O)=O. The van der Waals surface area contributed by atoms with Crippen molar-refractivity contribution in [3.63, 3.8) is 0 Å². The molecular formula is C38H49ClN2O4S. The number of ether oxygens (including phenoxy) is 1. The summed E-state index contributed by atoms with van der Waals surface area (Å²) in [5.41, 5.74) is 3.69. The Morgan fingerprint density at radius 1 is 1.09 bits per heavy atom. The third-order valence-corrected chi connectivity index (χ3v) is 14.1. The number of amides is 1. The summed E-state index contributed by atoms with van der Waals surface area (Å²) in [6.45, 7) is 6.36. The summed E-state index contributed by atoms with van der Waals surface area (Å²) in [7, 11) is -3.89. The highest BCUT2D eigenvalue weighted by Gasteiger charge is 2.46. The number of carbonyl (C=O) groups is 1. The minimum Gasteiger partial charge on any atom is -0.490 e. The summed E-state index contributed by atoms with van der Waals surface area (Å²) in [6, 6.07) is 11.8. The third kappa shape index (κ3) is 6.23. The number of anilines is 1. The van der Waals surface area contributed by atoms with Crippen molar-refractivity contribution in [2.75, 3.05) is 24.6 Å². The summed E-state index contributed by atoms with van der Waals surface area (Å²) in [5.74, 6) is 2.59. The molecule has 2 saturated carbocycles. The van der Waals surface area contributed by atoms with Gasteiger partial charge in [-0.1, -0.05) is 56.5 Å². The van der Waals surface area contributed by atoms with Crippen molar-refractivity contribution in [3.05, 3.63) is 70.3 Å². The lowest BCUT2D eigenvalue weighted by Gasteiger charge is -2.46. The molecule has 2 bridgehead atoms. The number of aryl methyl sites for hydroxylation is 1. The van der Waals surface area contributed by atoms with Gasteiger partial charge < -0.3 is 9.64 Å². The van der Waals surface area contributed by atoms with Crippen LogP contribution in [0.3, 0.4) is 0 Å². The maximum absolute atomic E-state index is 13.8. The van der Waals surface area contributed by atoms with E-state index in [9.17, 15) is 13.2 Å². The highest BCUT2D eigenvalue weighted by atomic mass is 35.5. The Morgan fingerprint density at radius 3 is 2.67 bits per heavy atom. The first kappa shape index (κ1) is 32.1. The van der Waals surface area contributed by atoms with Crippen LogP contribution in [0.5, 0.6) is 5.75 Å². The molecule has 248 valence electrons. The van der Waals surface area contributed by atoms with Crippen LogP contribution >= 0.6 is 11.6 Å². The second-order valence-corrected chi connectivity index (χ2v) is 17.3. The minimum atomic E-state index is -3.89. The number of benzene rings is 2. The fourth-order valence-corrected chi connectivity index (χ4v) is 10.9. The van der Waals surface area contributed by atoms with Crippen LogP contribution in [0.2, 0.25) is 5.02 Å². The molecule has 6 nitrogen and oxygen atoms in total. The van der Waals surface area contributed by atoms with Gasteiger partial charge in [-0.15, -0.1) is 0 Å². The number of nitrogens with zero attached hydrogens (tertiary/aromatic N) is 1. The number of carbonyl (C=O) groups excluding carboxylic acids is 1. The molecule has 1 N–H and O–H groups in total. The number of unbranched alkanes of at least 4 members (excludes halogenated alkanes) is 1. The molecule has 0 aromatic heterocycles. The zero-order valence-electron chi connectivity index (χ0n) is 27.3. The smallest absolute Gasteiger partial charge is 0.264 e. The van der Waals surface area contributed by atoms with E-state index < -0.39 is 21.2 Å². The van der Waals surface area contributed by atoms with E-state index in [1.54, 1.807) is 6.07 Å². The lowest BCUT2D eigenvalue weighted by molar-refractivity contribution is 0.0980. The molecule has 2 aromatic carbocycles. The average Bonchev–Trinajstić information content (AvgIpc) is 3.87. The summed E-state index contributed by atoms with van der Waals surface area (Å²) < 4.78 is 36.8. The van der Waals surface area contributed by atoms with E-state index in [1.165, 1.54) is 36.8 Å². The molecule has 2 fully saturated rings. The maximum Gasteiger partial charge on any atom is 0.264 e. The van der Waals surface area contributed by atoms with E-state index in [0.29, 0.717) is 42.8 Å². The van der Waals surface area contributed by atoms with Crippen LogP contribution in [-0.4, -0.2) is 39.3 Å². The van der Waals surface area contributed by atoms with Crippen LogP contribution in [0.1, 0.15) is 99.5 Å². The first-order valence-corrected chi connectivity index (χ1v) is 19.6. The maximum atomic E-state index is 13.8. The van der Waals surface area contributed by atoms with Crippen LogP contribution in [0.4, 0.5) is 5.69 Å². The number of allylic oxidation sites excluding steroid dienone is 2. The number of hydrogen-bond donors (Lipinski definition) is 1. The highest BCUT2D eigenvalue weighted by Crippen LogP contribution is 2.52. The molecular weight excluding hydrogens is 616 g/mol. The Labute approximate surface area is 280 Å². The molecule has 4 unspecified atom stereocenters. The Kier molecular flexibility index (Phi) is 8.94. The largest absolute Gasteiger partial charge is 0.490 e. The van der Waals surface area contributed by atoms with Crippen molar-refractivity contribution in [1.82, 2.24) is 4.72 Å². The molecule has 7 rings (SSSR count). The van der Waals surface area contributed by atoms with Crippen LogP contribution in [0.25, 0.3) is 0 Å². The van der Waals surface area contributed by atoms with Crippen LogP contribution < -0.4 is 14.4 Å². The van der Waals surface area contributed by atoms with Gasteiger partial charge in [0.15, 0.2) is 0 Å². The predicted octanol–water partition coefficient (Wildman–Crippen LogP) is 8.08. The van der Waals surface area contributed by atoms with Crippen molar-refractivity contribution < 1.29 is 17.9 Å². The zero-order valence-corrected chi connectivity index (χ0v) is 28.9. The summed E-state index contributed by atoms with van der Waals surface area (Å²) in [6.07, 6.45) is 15.8. The summed E-state index contributed by atoms with van der Waals surface area (Å²) in [4.78, 5) is 16.2. The quantitative estimate of drug-likeness (QED) is 0.335. The minimum absolute atomic E-state index is 0.0848. The van der Waals surface area contributed by atoms with Crippen LogP contribution in [0.15, 0.2) is 48.6 Å². The highest BCUT2D eigenvalue weighted by molar-refractivity contribution is 7.90. The van der Waals surface area contributed by atoms with Gasteiger partial charge in [0.2, 0.25) is 10.0 Å². The number of hydrogen-bond acceptors (Lipinski definition) is 5. The second kappa shape index (κ2) is 12.8. The Balaban J connectivity index is 1.29. The van der Waals surface area contributed by atoms with Gasteiger partial charge in [0, 0.05) is 29.1 Å². The molecule has 0 saturated heterocycles. The zero-order chi connectivity index (χ0) is 32.1. The number of nitrogens with one attached hydrogen (secondary N) is 1. The topological polar surface area (TPSA) is 75.7 Å². The van der Waals surface area contributed by atoms with Crippen LogP contribution in [-0.2, 0) is 21.9 Å². The van der Waals surface area contributed by atoms with Gasteiger partial charge in [-0.05, 0) is 129 Å². The number of rotatable bonds is 4. The molecule has 2 heterocycles. The number of fused-ring (bicyclic) bond motifs is 4. The second-order valence-electron chi connectivity index (χ2n) is 15.0. The van der Waals surface area contributed by atoms with Gasteiger partial charge in [-0.3, -0.25) is 4.79 Å². The molecule has 5 aliphatic rings. The van der Waals surface area contributed by atoms with E-state index in [-0.39, 0.29) is 11.3 Å². The van der Waals surface area contributed by atoms with Crippen molar-refractivity contribution in [1.29, 1.82) is 0 Å². The van der Waals surface area contributed by atoms with Crippen molar-refractivity contribution in [3.8, 4) is 5.75 Å². The van der Waals surface area contributed by atoms with Gasteiger partial charge in [0.1, 0.15) is 5.75 Å². The van der Waals surface area contributed by atoms with E-state index in [2.05, 4.69) is 40.8 Å². The lowest BCUT2D eigenvalue weighted by Crippen LogP contribution is -2.49. The molecule has 8 heteroatoms. The van der Waals surface area contributed by atoms with E-state index >= 15 is 0 Å². The molecule has 6 atom stereocenters. The first-order chi connectivity index (χ1) is 22.2. The fraction of sp³-hybridized carbons (Fsp3) is 0.605. The normalized spacial score (nSPS) is 33.1. The van der Waals surface area contributed by atoms with Crippen LogP contribution in [0, 0.1) is 29.6 Å². The van der Waals surface area contributed by atoms with Crippen molar-refractivity contribution in [2.24, 2.45) is 29.6 Å². The van der Waals surface area contributed by atoms with Gasteiger partial charge in [-0.2, -0.15) is 0 Å². The Bertz CT molecular complexity index is 1600. The lowest BCUT2D eigenvalue weighted by atomic mass is 9.64. The molecule has 2 aliphatic heterocycles. The summed E-state index contributed by atoms with van der Waals surface area (Å²) in [5, 5.41) is 0.150. The van der Waals surface area contributed by atoms with Gasteiger partial charge in [0.25, 0.3) is 5.91 Å². The average molecular weight is 665 g/mol. The molecule has 0 radical (unpaired) electrons. The third-order valence-electron chi connectivity index (χ3n) is 11.9. The van der Waals surface area contributed by atoms with Crippen molar-refractivity contribution >= 4 is 33.2 Å². The van der Waals surface area contributed by atoms with Crippen molar-refractivity contribution in [2.45, 2.75) is 95.1 Å². The first-order valence-electron chi connectivity index (χ1n) is 17.7. The fourth-order valence-electron chi connectivity index (χ4n) is 9.01. The summed E-state index contributed by atoms with van der Waals surface area (Å²) >= 11 is 6.46. The molecule has 1 amide bonds. The molecule has 1 spiro atoms. The van der Waals surface area contributed by atoms with E-state index in [0.717, 1.165) is 67.6 Å². The molecule has 2 aromatic rings. The van der Waals surface area contributed by atoms with Gasteiger partial charge in [0.05, 0.1) is 17.5 Å². The van der Waals surface area contributed by atoms with E-state index in [1.807, 2.05) is 25.1 Å². The Morgan fingerprint density at radius 2 is 1.91 bits per heavy atom.